The standard InChI is InChI=1S/C24H28N6O2/c1-17-12-20(28-23-14-25-9-10-26-23)13-22(27-17)18-4-3-11-30(15-18)16-24(31)29-19-5-7-21(32-2)8-6-19/h5-10,12-14,18H,3-4,11,15-16H2,1-2H3,(H,29,31)(H,26,27,28). The summed E-state index contributed by atoms with van der Waals surface area (Å²) in [6.07, 6.45) is 7.09. The number of hydrogen-bond acceptors (Lipinski definition) is 7. The molecule has 0 saturated carbocycles. The van der Waals surface area contributed by atoms with Gasteiger partial charge in [0.2, 0.25) is 5.91 Å². The highest BCUT2D eigenvalue weighted by atomic mass is 16.5. The molecular weight excluding hydrogens is 404 g/mol. The second kappa shape index (κ2) is 10.2. The molecule has 8 heteroatoms. The van der Waals surface area contributed by atoms with Crippen LogP contribution in [0.4, 0.5) is 17.2 Å². The molecule has 1 fully saturated rings. The lowest BCUT2D eigenvalue weighted by Crippen LogP contribution is -2.40. The van der Waals surface area contributed by atoms with Crippen LogP contribution in [0.15, 0.2) is 55.0 Å². The fourth-order valence-electron chi connectivity index (χ4n) is 4.01. The average molecular weight is 433 g/mol. The maximum atomic E-state index is 12.6. The molecular formula is C24H28N6O2. The predicted molar refractivity (Wildman–Crippen MR) is 124 cm³/mol. The van der Waals surface area contributed by atoms with Crippen molar-refractivity contribution in [1.29, 1.82) is 0 Å². The summed E-state index contributed by atoms with van der Waals surface area (Å²) in [5, 5.41) is 6.27. The van der Waals surface area contributed by atoms with Gasteiger partial charge in [0.25, 0.3) is 0 Å². The maximum Gasteiger partial charge on any atom is 0.238 e. The minimum Gasteiger partial charge on any atom is -0.497 e. The minimum atomic E-state index is -0.0157. The SMILES string of the molecule is COc1ccc(NC(=O)CN2CCCC(c3cc(Nc4cnccn4)cc(C)n3)C2)cc1. The van der Waals surface area contributed by atoms with Crippen LogP contribution in [-0.4, -0.2) is 52.5 Å². The van der Waals surface area contributed by atoms with Gasteiger partial charge in [0, 0.05) is 47.6 Å². The molecule has 1 aliphatic heterocycles. The number of likely N-dealkylation sites (tertiary alicyclic amines) is 1. The zero-order valence-corrected chi connectivity index (χ0v) is 18.4. The second-order valence-electron chi connectivity index (χ2n) is 7.99. The van der Waals surface area contributed by atoms with Gasteiger partial charge in [0.15, 0.2) is 0 Å². The Morgan fingerprint density at radius 2 is 2.03 bits per heavy atom. The molecule has 4 rings (SSSR count). The van der Waals surface area contributed by atoms with E-state index in [1.807, 2.05) is 37.3 Å². The Balaban J connectivity index is 1.38. The highest BCUT2D eigenvalue weighted by Gasteiger charge is 2.24. The minimum absolute atomic E-state index is 0.0157. The van der Waals surface area contributed by atoms with Gasteiger partial charge in [0.05, 0.1) is 19.9 Å². The zero-order valence-electron chi connectivity index (χ0n) is 18.4. The molecule has 8 nitrogen and oxygen atoms in total. The van der Waals surface area contributed by atoms with Crippen LogP contribution in [-0.2, 0) is 4.79 Å². The molecule has 3 aromatic rings. The van der Waals surface area contributed by atoms with Crippen LogP contribution in [0.1, 0.15) is 30.1 Å². The number of aryl methyl sites for hydroxylation is 1. The lowest BCUT2D eigenvalue weighted by Gasteiger charge is -2.32. The molecule has 166 valence electrons. The number of anilines is 3. The van der Waals surface area contributed by atoms with Crippen LogP contribution in [0.3, 0.4) is 0 Å². The van der Waals surface area contributed by atoms with Gasteiger partial charge in [0.1, 0.15) is 11.6 Å². The van der Waals surface area contributed by atoms with Crippen LogP contribution in [0.2, 0.25) is 0 Å². The summed E-state index contributed by atoms with van der Waals surface area (Å²) >= 11 is 0. The fraction of sp³-hybridized carbons (Fsp3) is 0.333. The van der Waals surface area contributed by atoms with Crippen LogP contribution in [0, 0.1) is 6.92 Å². The molecule has 0 spiro atoms. The van der Waals surface area contributed by atoms with E-state index in [-0.39, 0.29) is 11.8 Å². The van der Waals surface area contributed by atoms with E-state index < -0.39 is 0 Å². The first kappa shape index (κ1) is 21.7. The molecule has 3 heterocycles. The third kappa shape index (κ3) is 5.79. The number of nitrogens with zero attached hydrogens (tertiary/aromatic N) is 4. The van der Waals surface area contributed by atoms with Crippen molar-refractivity contribution < 1.29 is 9.53 Å². The van der Waals surface area contributed by atoms with Gasteiger partial charge in [-0.15, -0.1) is 0 Å². The Morgan fingerprint density at radius 3 is 2.78 bits per heavy atom. The van der Waals surface area contributed by atoms with Crippen LogP contribution in [0.25, 0.3) is 0 Å². The maximum absolute atomic E-state index is 12.6. The van der Waals surface area contributed by atoms with E-state index in [1.165, 1.54) is 0 Å². The molecule has 32 heavy (non-hydrogen) atoms. The van der Waals surface area contributed by atoms with Crippen molar-refractivity contribution >= 4 is 23.1 Å². The van der Waals surface area contributed by atoms with Gasteiger partial charge in [-0.3, -0.25) is 19.7 Å². The van der Waals surface area contributed by atoms with E-state index in [2.05, 4.69) is 31.6 Å². The largest absolute Gasteiger partial charge is 0.497 e. The Labute approximate surface area is 188 Å². The molecule has 1 aliphatic rings. The smallest absolute Gasteiger partial charge is 0.238 e. The van der Waals surface area contributed by atoms with Crippen LogP contribution >= 0.6 is 0 Å². The predicted octanol–water partition coefficient (Wildman–Crippen LogP) is 3.75. The van der Waals surface area contributed by atoms with Gasteiger partial charge in [-0.1, -0.05) is 0 Å². The van der Waals surface area contributed by atoms with Gasteiger partial charge >= 0.3 is 0 Å². The fourth-order valence-corrected chi connectivity index (χ4v) is 4.01. The summed E-state index contributed by atoms with van der Waals surface area (Å²) in [4.78, 5) is 27.9. The van der Waals surface area contributed by atoms with Gasteiger partial charge < -0.3 is 15.4 Å². The second-order valence-corrected chi connectivity index (χ2v) is 7.99. The highest BCUT2D eigenvalue weighted by molar-refractivity contribution is 5.92. The first-order chi connectivity index (χ1) is 15.6. The number of nitrogens with one attached hydrogen (secondary N) is 2. The van der Waals surface area contributed by atoms with Crippen LogP contribution in [0.5, 0.6) is 5.75 Å². The first-order valence-electron chi connectivity index (χ1n) is 10.8. The number of benzene rings is 1. The summed E-state index contributed by atoms with van der Waals surface area (Å²) in [6.45, 7) is 4.06. The monoisotopic (exact) mass is 432 g/mol. The highest BCUT2D eigenvalue weighted by Crippen LogP contribution is 2.28. The lowest BCUT2D eigenvalue weighted by molar-refractivity contribution is -0.117. The van der Waals surface area contributed by atoms with Crippen molar-refractivity contribution in [3.63, 3.8) is 0 Å². The van der Waals surface area contributed by atoms with E-state index >= 15 is 0 Å². The van der Waals surface area contributed by atoms with Gasteiger partial charge in [-0.2, -0.15) is 0 Å². The molecule has 2 N–H and O–H groups in total. The van der Waals surface area contributed by atoms with Crippen molar-refractivity contribution in [2.45, 2.75) is 25.7 Å². The Kier molecular flexibility index (Phi) is 6.91. The number of carbonyl (C=O) groups is 1. The summed E-state index contributed by atoms with van der Waals surface area (Å²) in [6, 6.07) is 11.4. The Morgan fingerprint density at radius 1 is 1.19 bits per heavy atom. The number of hydrogen-bond donors (Lipinski definition) is 2. The Hall–Kier alpha value is -3.52. The Bertz CT molecular complexity index is 1040. The molecule has 0 bridgehead atoms. The molecule has 1 amide bonds. The normalized spacial score (nSPS) is 16.4. The number of carbonyl (C=O) groups excluding carboxylic acids is 1. The van der Waals surface area contributed by atoms with Crippen LogP contribution < -0.4 is 15.4 Å². The number of rotatable bonds is 7. The number of pyridine rings is 1. The summed E-state index contributed by atoms with van der Waals surface area (Å²) in [5.41, 5.74) is 3.70. The van der Waals surface area contributed by atoms with Crippen molar-refractivity contribution in [3.05, 3.63) is 66.4 Å². The van der Waals surface area contributed by atoms with E-state index in [0.717, 1.165) is 54.4 Å². The van der Waals surface area contributed by atoms with Crippen molar-refractivity contribution in [1.82, 2.24) is 19.9 Å². The van der Waals surface area contributed by atoms with E-state index in [1.54, 1.807) is 25.7 Å². The molecule has 1 unspecified atom stereocenters. The summed E-state index contributed by atoms with van der Waals surface area (Å²) in [5.74, 6) is 1.73. The molecule has 1 saturated heterocycles. The van der Waals surface area contributed by atoms with E-state index in [4.69, 9.17) is 9.72 Å². The number of methoxy groups -OCH3 is 1. The molecule has 2 aromatic heterocycles. The topological polar surface area (TPSA) is 92.3 Å². The van der Waals surface area contributed by atoms with Gasteiger partial charge in [-0.05, 0) is 62.7 Å². The molecule has 0 radical (unpaired) electrons. The lowest BCUT2D eigenvalue weighted by atomic mass is 9.93. The average Bonchev–Trinajstić information content (AvgIpc) is 2.80. The molecule has 1 aromatic carbocycles. The van der Waals surface area contributed by atoms with Gasteiger partial charge in [-0.25, -0.2) is 4.98 Å². The number of ether oxygens (including phenoxy) is 1. The third-order valence-corrected chi connectivity index (χ3v) is 5.47. The van der Waals surface area contributed by atoms with Crippen molar-refractivity contribution in [2.24, 2.45) is 0 Å². The number of piperidine rings is 1. The van der Waals surface area contributed by atoms with Crippen molar-refractivity contribution in [2.75, 3.05) is 37.4 Å². The van der Waals surface area contributed by atoms with E-state index in [0.29, 0.717) is 12.4 Å². The van der Waals surface area contributed by atoms with E-state index in [9.17, 15) is 4.79 Å². The molecule has 0 aliphatic carbocycles. The quantitative estimate of drug-likeness (QED) is 0.587. The third-order valence-electron chi connectivity index (χ3n) is 5.47. The zero-order chi connectivity index (χ0) is 22.3. The first-order valence-corrected chi connectivity index (χ1v) is 10.8. The summed E-state index contributed by atoms with van der Waals surface area (Å²) in [7, 11) is 1.62. The molecule has 1 atom stereocenters. The summed E-state index contributed by atoms with van der Waals surface area (Å²) < 4.78 is 5.16. The van der Waals surface area contributed by atoms with Crippen molar-refractivity contribution in [3.8, 4) is 5.75 Å². The number of aromatic nitrogens is 3. The number of amides is 1.